The highest BCUT2D eigenvalue weighted by atomic mass is 32.2. The summed E-state index contributed by atoms with van der Waals surface area (Å²) in [7, 11) is -2.28. The number of fused-ring (bicyclic) bond motifs is 1. The second kappa shape index (κ2) is 4.88. The van der Waals surface area contributed by atoms with Gasteiger partial charge in [-0.05, 0) is 12.1 Å². The van der Waals surface area contributed by atoms with Crippen molar-refractivity contribution in [2.45, 2.75) is 4.90 Å². The second-order valence-corrected chi connectivity index (χ2v) is 5.84. The highest BCUT2D eigenvalue weighted by Gasteiger charge is 2.25. The van der Waals surface area contributed by atoms with Crippen molar-refractivity contribution < 1.29 is 13.2 Å². The van der Waals surface area contributed by atoms with E-state index in [1.165, 1.54) is 13.2 Å². The van der Waals surface area contributed by atoms with E-state index in [0.29, 0.717) is 11.4 Å². The van der Waals surface area contributed by atoms with E-state index in [9.17, 15) is 8.42 Å². The molecule has 0 radical (unpaired) electrons. The van der Waals surface area contributed by atoms with Crippen molar-refractivity contribution in [1.82, 2.24) is 0 Å². The van der Waals surface area contributed by atoms with Crippen LogP contribution in [0, 0.1) is 11.3 Å². The average Bonchev–Trinajstić information content (AvgIpc) is 2.35. The molecule has 1 aromatic rings. The molecular formula is C10H9N3O3S2. The molecule has 0 saturated heterocycles. The van der Waals surface area contributed by atoms with E-state index in [0.717, 1.165) is 11.8 Å². The maximum absolute atomic E-state index is 11.9. The Balaban J connectivity index is 2.42. The minimum atomic E-state index is -3.74. The Hall–Kier alpha value is -1.72. The summed E-state index contributed by atoms with van der Waals surface area (Å²) in [5.41, 5.74) is 0.436. The molecule has 2 rings (SSSR count). The van der Waals surface area contributed by atoms with Crippen molar-refractivity contribution in [2.75, 3.05) is 18.2 Å². The van der Waals surface area contributed by atoms with Gasteiger partial charge in [0.25, 0.3) is 10.0 Å². The Bertz CT molecular complexity index is 647. The number of ether oxygens (including phenoxy) is 1. The first kappa shape index (κ1) is 12.7. The molecule has 1 aromatic carbocycles. The van der Waals surface area contributed by atoms with Crippen LogP contribution >= 0.6 is 11.8 Å². The van der Waals surface area contributed by atoms with Crippen molar-refractivity contribution >= 4 is 32.6 Å². The van der Waals surface area contributed by atoms with Crippen molar-refractivity contribution in [1.29, 1.82) is 5.26 Å². The molecule has 0 aliphatic carbocycles. The number of amidine groups is 1. The summed E-state index contributed by atoms with van der Waals surface area (Å²) >= 11 is 1.04. The average molecular weight is 283 g/mol. The minimum Gasteiger partial charge on any atom is -0.497 e. The van der Waals surface area contributed by atoms with E-state index in [1.807, 2.05) is 6.07 Å². The number of nitriles is 1. The number of methoxy groups -OCH3 is 1. The molecule has 0 atom stereocenters. The predicted octanol–water partition coefficient (Wildman–Crippen LogP) is 1.42. The van der Waals surface area contributed by atoms with Crippen molar-refractivity contribution in [3.05, 3.63) is 18.2 Å². The van der Waals surface area contributed by atoms with Gasteiger partial charge in [0.1, 0.15) is 10.6 Å². The standard InChI is InChI=1S/C10H9N3O3S2/c1-16-7-2-3-8-9(6-7)18(14,15)13-10(12-8)17-5-4-11/h2-3,6H,5H2,1H3,(H,12,13). The number of hydrogen-bond donors (Lipinski definition) is 1. The molecule has 0 spiro atoms. The minimum absolute atomic E-state index is 0.0724. The molecule has 18 heavy (non-hydrogen) atoms. The molecule has 94 valence electrons. The van der Waals surface area contributed by atoms with E-state index in [-0.39, 0.29) is 15.8 Å². The van der Waals surface area contributed by atoms with E-state index in [4.69, 9.17) is 10.00 Å². The molecule has 0 fully saturated rings. The van der Waals surface area contributed by atoms with E-state index < -0.39 is 10.0 Å². The van der Waals surface area contributed by atoms with Crippen LogP contribution in [0.15, 0.2) is 27.5 Å². The summed E-state index contributed by atoms with van der Waals surface area (Å²) in [6.07, 6.45) is 0. The molecule has 0 aromatic heterocycles. The van der Waals surface area contributed by atoms with Gasteiger partial charge < -0.3 is 10.1 Å². The monoisotopic (exact) mass is 283 g/mol. The van der Waals surface area contributed by atoms with Crippen LogP contribution in [0.1, 0.15) is 0 Å². The normalized spacial score (nSPS) is 15.9. The van der Waals surface area contributed by atoms with Crippen molar-refractivity contribution in [3.63, 3.8) is 0 Å². The van der Waals surface area contributed by atoms with Gasteiger partial charge in [-0.1, -0.05) is 11.8 Å². The van der Waals surface area contributed by atoms with Gasteiger partial charge in [-0.2, -0.15) is 13.7 Å². The highest BCUT2D eigenvalue weighted by molar-refractivity contribution is 8.15. The number of hydrogen-bond acceptors (Lipinski definition) is 6. The van der Waals surface area contributed by atoms with Gasteiger partial charge in [-0.15, -0.1) is 4.40 Å². The number of benzene rings is 1. The fraction of sp³-hybridized carbons (Fsp3) is 0.200. The van der Waals surface area contributed by atoms with E-state index in [1.54, 1.807) is 12.1 Å². The van der Waals surface area contributed by atoms with Crippen LogP contribution in [0.4, 0.5) is 5.69 Å². The third-order valence-electron chi connectivity index (χ3n) is 2.18. The van der Waals surface area contributed by atoms with Gasteiger partial charge in [-0.25, -0.2) is 0 Å². The Morgan fingerprint density at radius 2 is 2.33 bits per heavy atom. The summed E-state index contributed by atoms with van der Waals surface area (Å²) < 4.78 is 32.4. The quantitative estimate of drug-likeness (QED) is 0.882. The molecule has 0 bridgehead atoms. The Labute approximate surface area is 109 Å². The summed E-state index contributed by atoms with van der Waals surface area (Å²) in [5, 5.41) is 11.5. The first-order valence-electron chi connectivity index (χ1n) is 4.86. The van der Waals surface area contributed by atoms with Crippen LogP contribution in [0.3, 0.4) is 0 Å². The molecule has 0 amide bonds. The van der Waals surface area contributed by atoms with Gasteiger partial charge in [0.05, 0.1) is 24.6 Å². The number of nitrogens with one attached hydrogen (secondary N) is 1. The zero-order valence-electron chi connectivity index (χ0n) is 9.37. The summed E-state index contributed by atoms with van der Waals surface area (Å²) in [6, 6.07) is 6.58. The lowest BCUT2D eigenvalue weighted by atomic mass is 10.3. The van der Waals surface area contributed by atoms with Crippen LogP contribution < -0.4 is 10.1 Å². The third kappa shape index (κ3) is 2.42. The van der Waals surface area contributed by atoms with Gasteiger partial charge >= 0.3 is 0 Å². The fourth-order valence-electron chi connectivity index (χ4n) is 1.41. The number of rotatable bonds is 2. The predicted molar refractivity (Wildman–Crippen MR) is 69.3 cm³/mol. The maximum atomic E-state index is 11.9. The van der Waals surface area contributed by atoms with Gasteiger partial charge in [0.2, 0.25) is 0 Å². The largest absolute Gasteiger partial charge is 0.497 e. The smallest absolute Gasteiger partial charge is 0.286 e. The van der Waals surface area contributed by atoms with Crippen molar-refractivity contribution in [3.8, 4) is 11.8 Å². The van der Waals surface area contributed by atoms with Gasteiger partial charge in [0.15, 0.2) is 5.17 Å². The lowest BCUT2D eigenvalue weighted by Crippen LogP contribution is -2.19. The van der Waals surface area contributed by atoms with Gasteiger partial charge in [-0.3, -0.25) is 0 Å². The Kier molecular flexibility index (Phi) is 3.45. The molecule has 1 heterocycles. The Morgan fingerprint density at radius 1 is 1.56 bits per heavy atom. The van der Waals surface area contributed by atoms with Crippen molar-refractivity contribution in [2.24, 2.45) is 4.40 Å². The molecule has 0 saturated carbocycles. The van der Waals surface area contributed by atoms with Crippen LogP contribution in [0.2, 0.25) is 0 Å². The van der Waals surface area contributed by atoms with Gasteiger partial charge in [0, 0.05) is 6.07 Å². The zero-order chi connectivity index (χ0) is 13.2. The van der Waals surface area contributed by atoms with Crippen LogP contribution in [-0.4, -0.2) is 26.4 Å². The molecular weight excluding hydrogens is 274 g/mol. The Morgan fingerprint density at radius 3 is 3.00 bits per heavy atom. The number of sulfonamides is 1. The zero-order valence-corrected chi connectivity index (χ0v) is 11.0. The number of nitrogens with zero attached hydrogens (tertiary/aromatic N) is 2. The molecule has 8 heteroatoms. The first-order valence-corrected chi connectivity index (χ1v) is 7.29. The number of thioether (sulfide) groups is 1. The number of anilines is 1. The van der Waals surface area contributed by atoms with Crippen LogP contribution in [-0.2, 0) is 10.0 Å². The maximum Gasteiger partial charge on any atom is 0.286 e. The SMILES string of the molecule is COc1ccc2c(c1)S(=O)(=O)N=C(SCC#N)N2. The topological polar surface area (TPSA) is 91.6 Å². The molecule has 6 nitrogen and oxygen atoms in total. The lowest BCUT2D eigenvalue weighted by Gasteiger charge is -2.17. The lowest BCUT2D eigenvalue weighted by molar-refractivity contribution is 0.413. The summed E-state index contributed by atoms with van der Waals surface area (Å²) in [5.74, 6) is 0.579. The molecule has 1 aliphatic heterocycles. The molecule has 1 N–H and O–H groups in total. The third-order valence-corrected chi connectivity index (χ3v) is 4.36. The fourth-order valence-corrected chi connectivity index (χ4v) is 3.32. The van der Waals surface area contributed by atoms with Crippen LogP contribution in [0.5, 0.6) is 5.75 Å². The summed E-state index contributed by atoms with van der Waals surface area (Å²) in [6.45, 7) is 0. The second-order valence-electron chi connectivity index (χ2n) is 3.31. The van der Waals surface area contributed by atoms with E-state index in [2.05, 4.69) is 9.71 Å². The first-order chi connectivity index (χ1) is 8.56. The summed E-state index contributed by atoms with van der Waals surface area (Å²) in [4.78, 5) is 0.0724. The van der Waals surface area contributed by atoms with E-state index >= 15 is 0 Å². The molecule has 0 unspecified atom stereocenters. The van der Waals surface area contributed by atoms with Crippen LogP contribution in [0.25, 0.3) is 0 Å². The highest BCUT2D eigenvalue weighted by Crippen LogP contribution is 2.32. The molecule has 1 aliphatic rings.